The Labute approximate surface area is 395 Å². The Bertz CT molecular complexity index is 4430. The molecule has 0 bridgehead atoms. The fourth-order valence-electron chi connectivity index (χ4n) is 11.1. The van der Waals surface area contributed by atoms with E-state index in [1.807, 2.05) is 24.3 Å². The molecule has 0 amide bonds. The Morgan fingerprint density at radius 2 is 1.03 bits per heavy atom. The molecule has 14 aromatic rings. The Balaban J connectivity index is 1.05. The van der Waals surface area contributed by atoms with Gasteiger partial charge in [0.1, 0.15) is 22.4 Å². The molecule has 322 valence electrons. The van der Waals surface area contributed by atoms with Crippen LogP contribution >= 0.6 is 0 Å². The normalized spacial score (nSPS) is 12.5. The molecule has 4 heterocycles. The van der Waals surface area contributed by atoms with Gasteiger partial charge in [-0.1, -0.05) is 158 Å². The molecule has 69 heavy (non-hydrogen) atoms. The molecule has 0 unspecified atom stereocenters. The van der Waals surface area contributed by atoms with E-state index in [1.165, 1.54) is 38.5 Å². The number of aromatic nitrogens is 4. The Kier molecular flexibility index (Phi) is 8.09. The number of para-hydroxylation sites is 1. The first-order valence-electron chi connectivity index (χ1n) is 23.5. The molecule has 0 atom stereocenters. The second-order valence-corrected chi connectivity index (χ2v) is 18.2. The van der Waals surface area contributed by atoms with Crippen LogP contribution in [0.15, 0.2) is 215 Å². The highest BCUT2D eigenvalue weighted by molar-refractivity contribution is 6.21. The van der Waals surface area contributed by atoms with Crippen LogP contribution in [0, 0.1) is 0 Å². The summed E-state index contributed by atoms with van der Waals surface area (Å²) in [7, 11) is 0. The van der Waals surface area contributed by atoms with Gasteiger partial charge in [-0.3, -0.25) is 0 Å². The Hall–Kier alpha value is -9.13. The molecule has 1 aliphatic rings. The molecule has 10 aromatic carbocycles. The molecular weight excluding hydrogens is 845 g/mol. The molecule has 6 nitrogen and oxygen atoms in total. The van der Waals surface area contributed by atoms with Gasteiger partial charge < -0.3 is 13.4 Å². The third-order valence-electron chi connectivity index (χ3n) is 14.3. The second-order valence-electron chi connectivity index (χ2n) is 18.2. The van der Waals surface area contributed by atoms with Crippen LogP contribution in [0.1, 0.15) is 11.3 Å². The van der Waals surface area contributed by atoms with E-state index in [1.54, 1.807) is 0 Å². The van der Waals surface area contributed by atoms with E-state index in [0.29, 0.717) is 17.5 Å². The predicted octanol–water partition coefficient (Wildman–Crippen LogP) is 16.4. The van der Waals surface area contributed by atoms with Gasteiger partial charge in [0, 0.05) is 54.9 Å². The van der Waals surface area contributed by atoms with Crippen molar-refractivity contribution < 1.29 is 8.83 Å². The Morgan fingerprint density at radius 3 is 1.90 bits per heavy atom. The van der Waals surface area contributed by atoms with E-state index in [0.717, 1.165) is 107 Å². The predicted molar refractivity (Wildman–Crippen MR) is 281 cm³/mol. The second kappa shape index (κ2) is 14.7. The van der Waals surface area contributed by atoms with E-state index in [-0.39, 0.29) is 0 Å². The van der Waals surface area contributed by atoms with Crippen molar-refractivity contribution in [3.05, 3.63) is 218 Å². The summed E-state index contributed by atoms with van der Waals surface area (Å²) in [4.78, 5) is 16.2. The van der Waals surface area contributed by atoms with Crippen LogP contribution < -0.4 is 0 Å². The molecule has 6 heteroatoms. The molecule has 0 fully saturated rings. The highest BCUT2D eigenvalue weighted by Gasteiger charge is 2.30. The largest absolute Gasteiger partial charge is 0.456 e. The zero-order chi connectivity index (χ0) is 45.2. The van der Waals surface area contributed by atoms with Crippen LogP contribution in [0.25, 0.3) is 138 Å². The van der Waals surface area contributed by atoms with Gasteiger partial charge in [0.25, 0.3) is 0 Å². The van der Waals surface area contributed by atoms with Crippen LogP contribution in [0.4, 0.5) is 0 Å². The van der Waals surface area contributed by atoms with Crippen molar-refractivity contribution in [2.45, 2.75) is 12.8 Å². The standard InChI is InChI=1S/C63H38N4O2/c1-2-12-37(13-3-1)38-22-24-41(25-23-38)61-64-62(44-26-29-48-47-20-10-11-21-54(47)68-56(48)36-44)66-63(65-61)50-31-30-49-58-46-19-9-7-15-40(46)28-33-55(58)69-60(49)59(50)67-52-32-27-39-14-6-8-18-45(39)57(52)51-34-42-16-4-5-17-43(42)35-53(51)67/h1-26,28-31,33-36H,27,32H2. The molecular formula is C63H38N4O2. The van der Waals surface area contributed by atoms with E-state index in [2.05, 4.69) is 187 Å². The lowest BCUT2D eigenvalue weighted by atomic mass is 9.88. The maximum Gasteiger partial charge on any atom is 0.166 e. The number of hydrogen-bond donors (Lipinski definition) is 0. The number of nitrogens with zero attached hydrogens (tertiary/aromatic N) is 4. The number of hydrogen-bond acceptors (Lipinski definition) is 5. The van der Waals surface area contributed by atoms with Gasteiger partial charge in [0.05, 0.1) is 5.52 Å². The highest BCUT2D eigenvalue weighted by Crippen LogP contribution is 2.48. The summed E-state index contributed by atoms with van der Waals surface area (Å²) in [6, 6.07) is 72.9. The lowest BCUT2D eigenvalue weighted by molar-refractivity contribution is 0.665. The first kappa shape index (κ1) is 38.0. The van der Waals surface area contributed by atoms with Gasteiger partial charge in [0.2, 0.25) is 0 Å². The van der Waals surface area contributed by atoms with E-state index in [9.17, 15) is 0 Å². The number of fused-ring (bicyclic) bond motifs is 14. The summed E-state index contributed by atoms with van der Waals surface area (Å²) in [5.41, 5.74) is 15.2. The third kappa shape index (κ3) is 5.82. The lowest BCUT2D eigenvalue weighted by Crippen LogP contribution is -2.10. The van der Waals surface area contributed by atoms with E-state index < -0.39 is 0 Å². The van der Waals surface area contributed by atoms with Crippen molar-refractivity contribution in [2.24, 2.45) is 0 Å². The smallest absolute Gasteiger partial charge is 0.166 e. The fourth-order valence-corrected chi connectivity index (χ4v) is 11.1. The molecule has 0 N–H and O–H groups in total. The summed E-state index contributed by atoms with van der Waals surface area (Å²) in [5.74, 6) is 1.66. The summed E-state index contributed by atoms with van der Waals surface area (Å²) < 4.78 is 16.1. The highest BCUT2D eigenvalue weighted by atomic mass is 16.3. The summed E-state index contributed by atoms with van der Waals surface area (Å²) in [5, 5.41) is 10.1. The van der Waals surface area contributed by atoms with Crippen LogP contribution in [0.5, 0.6) is 0 Å². The minimum absolute atomic E-state index is 0.543. The third-order valence-corrected chi connectivity index (χ3v) is 14.3. The minimum Gasteiger partial charge on any atom is -0.456 e. The van der Waals surface area contributed by atoms with Crippen molar-refractivity contribution in [1.82, 2.24) is 19.5 Å². The SMILES string of the molecule is c1ccc(-c2ccc(-c3nc(-c4ccc5c(c4)oc4ccccc45)nc(-c4ccc5c(oc6ccc7ccccc7c65)c4-n4c5c(c6cc7ccccc7cc64)-c4ccccc4CC5)n3)cc2)cc1. The van der Waals surface area contributed by atoms with E-state index >= 15 is 0 Å². The summed E-state index contributed by atoms with van der Waals surface area (Å²) in [6.07, 6.45) is 1.76. The van der Waals surface area contributed by atoms with Crippen LogP contribution in [0.2, 0.25) is 0 Å². The molecule has 0 radical (unpaired) electrons. The average Bonchev–Trinajstić information content (AvgIpc) is 4.09. The molecule has 0 saturated heterocycles. The first-order chi connectivity index (χ1) is 34.2. The van der Waals surface area contributed by atoms with Gasteiger partial charge >= 0.3 is 0 Å². The molecule has 0 aliphatic heterocycles. The number of aryl methyl sites for hydroxylation is 1. The van der Waals surface area contributed by atoms with E-state index in [4.69, 9.17) is 23.8 Å². The van der Waals surface area contributed by atoms with Crippen LogP contribution in [-0.2, 0) is 12.8 Å². The van der Waals surface area contributed by atoms with Crippen molar-refractivity contribution >= 4 is 76.3 Å². The fraction of sp³-hybridized carbons (Fsp3) is 0.0317. The average molecular weight is 883 g/mol. The molecule has 0 spiro atoms. The Morgan fingerprint density at radius 1 is 0.377 bits per heavy atom. The van der Waals surface area contributed by atoms with Gasteiger partial charge in [0.15, 0.2) is 23.1 Å². The molecule has 4 aromatic heterocycles. The van der Waals surface area contributed by atoms with Gasteiger partial charge in [-0.25, -0.2) is 15.0 Å². The topological polar surface area (TPSA) is 69.9 Å². The first-order valence-corrected chi connectivity index (χ1v) is 23.5. The summed E-state index contributed by atoms with van der Waals surface area (Å²) >= 11 is 0. The molecule has 0 saturated carbocycles. The molecule has 15 rings (SSSR count). The van der Waals surface area contributed by atoms with Gasteiger partial charge in [-0.05, 0) is 105 Å². The van der Waals surface area contributed by atoms with Crippen molar-refractivity contribution in [1.29, 1.82) is 0 Å². The van der Waals surface area contributed by atoms with Crippen molar-refractivity contribution in [2.75, 3.05) is 0 Å². The zero-order valence-electron chi connectivity index (χ0n) is 37.1. The maximum atomic E-state index is 7.23. The minimum atomic E-state index is 0.543. The zero-order valence-corrected chi connectivity index (χ0v) is 37.1. The maximum absolute atomic E-state index is 7.23. The monoisotopic (exact) mass is 882 g/mol. The number of rotatable bonds is 5. The van der Waals surface area contributed by atoms with Gasteiger partial charge in [-0.2, -0.15) is 0 Å². The molecule has 1 aliphatic carbocycles. The van der Waals surface area contributed by atoms with Crippen LogP contribution in [0.3, 0.4) is 0 Å². The number of benzene rings is 10. The van der Waals surface area contributed by atoms with Gasteiger partial charge in [-0.15, -0.1) is 0 Å². The van der Waals surface area contributed by atoms with Crippen LogP contribution in [-0.4, -0.2) is 19.5 Å². The summed E-state index contributed by atoms with van der Waals surface area (Å²) in [6.45, 7) is 0. The number of furan rings is 2. The lowest BCUT2D eigenvalue weighted by Gasteiger charge is -2.21. The van der Waals surface area contributed by atoms with Crippen molar-refractivity contribution in [3.8, 4) is 62.1 Å². The quantitative estimate of drug-likeness (QED) is 0.172. The van der Waals surface area contributed by atoms with Crippen molar-refractivity contribution in [3.63, 3.8) is 0 Å².